The summed E-state index contributed by atoms with van der Waals surface area (Å²) in [5, 5.41) is 6.44. The van der Waals surface area contributed by atoms with E-state index < -0.39 is 0 Å². The summed E-state index contributed by atoms with van der Waals surface area (Å²) in [7, 11) is 0. The van der Waals surface area contributed by atoms with Crippen LogP contribution in [0.4, 0.5) is 11.5 Å². The van der Waals surface area contributed by atoms with Crippen LogP contribution >= 0.6 is 0 Å². The van der Waals surface area contributed by atoms with Crippen LogP contribution in [0, 0.1) is 6.92 Å². The van der Waals surface area contributed by atoms with Gasteiger partial charge in [-0.2, -0.15) is 0 Å². The first kappa shape index (κ1) is 17.5. The Bertz CT molecular complexity index is 671. The Morgan fingerprint density at radius 2 is 1.76 bits per heavy atom. The normalized spacial score (nSPS) is 15.4. The Kier molecular flexibility index (Phi) is 6.04. The summed E-state index contributed by atoms with van der Waals surface area (Å²) >= 11 is 0. The number of pyridine rings is 1. The molecule has 132 valence electrons. The highest BCUT2D eigenvalue weighted by molar-refractivity contribution is 5.91. The molecule has 4 heteroatoms. The Labute approximate surface area is 150 Å². The van der Waals surface area contributed by atoms with Gasteiger partial charge in [0.2, 0.25) is 5.91 Å². The van der Waals surface area contributed by atoms with Crippen molar-refractivity contribution in [3.05, 3.63) is 53.7 Å². The highest BCUT2D eigenvalue weighted by Gasteiger charge is 2.12. The minimum atomic E-state index is -0.0409. The van der Waals surface area contributed by atoms with Gasteiger partial charge in [-0.05, 0) is 37.5 Å². The maximum Gasteiger partial charge on any atom is 0.229 e. The van der Waals surface area contributed by atoms with E-state index in [1.807, 2.05) is 49.5 Å². The number of benzene rings is 1. The molecule has 25 heavy (non-hydrogen) atoms. The van der Waals surface area contributed by atoms with E-state index in [1.54, 1.807) is 0 Å². The van der Waals surface area contributed by atoms with Crippen LogP contribution in [0.5, 0.6) is 0 Å². The molecule has 1 aliphatic rings. The second-order valence-electron chi connectivity index (χ2n) is 6.98. The second-order valence-corrected chi connectivity index (χ2v) is 6.98. The van der Waals surface area contributed by atoms with Crippen LogP contribution < -0.4 is 10.6 Å². The Morgan fingerprint density at radius 1 is 1.04 bits per heavy atom. The molecular weight excluding hydrogens is 310 g/mol. The first-order chi connectivity index (χ1) is 12.2. The largest absolute Gasteiger partial charge is 0.381 e. The van der Waals surface area contributed by atoms with Crippen LogP contribution in [0.3, 0.4) is 0 Å². The van der Waals surface area contributed by atoms with Gasteiger partial charge >= 0.3 is 0 Å². The molecule has 1 fully saturated rings. The highest BCUT2D eigenvalue weighted by atomic mass is 16.1. The molecule has 1 aromatic carbocycles. The lowest BCUT2D eigenvalue weighted by Crippen LogP contribution is -2.19. The third-order valence-electron chi connectivity index (χ3n) is 4.74. The molecule has 3 rings (SSSR count). The summed E-state index contributed by atoms with van der Waals surface area (Å²) in [6.07, 6.45) is 9.95. The first-order valence-corrected chi connectivity index (χ1v) is 9.27. The molecule has 2 aromatic rings. The smallest absolute Gasteiger partial charge is 0.229 e. The van der Waals surface area contributed by atoms with Crippen molar-refractivity contribution in [2.75, 3.05) is 10.6 Å². The molecule has 0 spiro atoms. The van der Waals surface area contributed by atoms with E-state index in [2.05, 4.69) is 15.6 Å². The molecule has 1 aromatic heterocycles. The number of carbonyl (C=O) groups is 1. The molecule has 1 heterocycles. The van der Waals surface area contributed by atoms with Gasteiger partial charge in [-0.25, -0.2) is 4.98 Å². The van der Waals surface area contributed by atoms with E-state index in [-0.39, 0.29) is 5.91 Å². The highest BCUT2D eigenvalue weighted by Crippen LogP contribution is 2.21. The third-order valence-corrected chi connectivity index (χ3v) is 4.74. The zero-order valence-electron chi connectivity index (χ0n) is 14.9. The molecule has 0 atom stereocenters. The maximum atomic E-state index is 12.1. The molecule has 0 bridgehead atoms. The summed E-state index contributed by atoms with van der Waals surface area (Å²) in [6.45, 7) is 2.04. The summed E-state index contributed by atoms with van der Waals surface area (Å²) in [5.74, 6) is 0.560. The van der Waals surface area contributed by atoms with Crippen molar-refractivity contribution in [2.24, 2.45) is 0 Å². The minimum Gasteiger partial charge on any atom is -0.381 e. The van der Waals surface area contributed by atoms with Crippen molar-refractivity contribution in [1.82, 2.24) is 4.98 Å². The van der Waals surface area contributed by atoms with Gasteiger partial charge in [-0.15, -0.1) is 0 Å². The number of hydrogen-bond acceptors (Lipinski definition) is 3. The van der Waals surface area contributed by atoms with E-state index in [4.69, 9.17) is 0 Å². The number of nitrogens with zero attached hydrogens (tertiary/aromatic N) is 1. The molecule has 0 unspecified atom stereocenters. The lowest BCUT2D eigenvalue weighted by atomic mass is 10.1. The molecule has 1 aliphatic carbocycles. The summed E-state index contributed by atoms with van der Waals surface area (Å²) < 4.78 is 0. The number of amides is 1. The molecule has 2 N–H and O–H groups in total. The lowest BCUT2D eigenvalue weighted by Gasteiger charge is -2.17. The molecule has 4 nitrogen and oxygen atoms in total. The lowest BCUT2D eigenvalue weighted by molar-refractivity contribution is -0.115. The molecule has 1 amide bonds. The molecule has 0 radical (unpaired) electrons. The fourth-order valence-corrected chi connectivity index (χ4v) is 3.29. The fraction of sp³-hybridized carbons (Fsp3) is 0.429. The Balaban J connectivity index is 1.51. The number of carbonyl (C=O) groups excluding carboxylic acids is 1. The summed E-state index contributed by atoms with van der Waals surface area (Å²) in [5.41, 5.74) is 3.24. The van der Waals surface area contributed by atoms with Gasteiger partial charge in [-0.3, -0.25) is 4.79 Å². The Hall–Kier alpha value is -2.36. The fourth-order valence-electron chi connectivity index (χ4n) is 3.29. The average Bonchev–Trinajstić information content (AvgIpc) is 2.87. The van der Waals surface area contributed by atoms with E-state index in [0.717, 1.165) is 11.3 Å². The standard InChI is InChI=1S/C21H27N3O/c1-16-8-10-17(11-9-16)14-21(25)24-20-13-12-19(15-22-20)23-18-6-4-2-3-5-7-18/h8-13,15,18,23H,2-7,14H2,1H3,(H,22,24,25). The van der Waals surface area contributed by atoms with Crippen LogP contribution in [0.25, 0.3) is 0 Å². The molecule has 0 saturated heterocycles. The van der Waals surface area contributed by atoms with Crippen molar-refractivity contribution in [3.63, 3.8) is 0 Å². The summed E-state index contributed by atoms with van der Waals surface area (Å²) in [6, 6.07) is 12.4. The minimum absolute atomic E-state index is 0.0409. The van der Waals surface area contributed by atoms with Crippen molar-refractivity contribution < 1.29 is 4.79 Å². The van der Waals surface area contributed by atoms with Crippen molar-refractivity contribution >= 4 is 17.4 Å². The second kappa shape index (κ2) is 8.65. The van der Waals surface area contributed by atoms with Gasteiger partial charge in [0.1, 0.15) is 5.82 Å². The zero-order valence-corrected chi connectivity index (χ0v) is 14.9. The molecule has 0 aliphatic heterocycles. The van der Waals surface area contributed by atoms with Gasteiger partial charge in [0, 0.05) is 6.04 Å². The van der Waals surface area contributed by atoms with E-state index in [0.29, 0.717) is 18.3 Å². The number of anilines is 2. The third kappa shape index (κ3) is 5.59. The number of rotatable bonds is 5. The van der Waals surface area contributed by atoms with E-state index in [9.17, 15) is 4.79 Å². The quantitative estimate of drug-likeness (QED) is 0.777. The van der Waals surface area contributed by atoms with Crippen LogP contribution in [0.2, 0.25) is 0 Å². The van der Waals surface area contributed by atoms with Gasteiger partial charge in [0.25, 0.3) is 0 Å². The van der Waals surface area contributed by atoms with Crippen LogP contribution in [0.1, 0.15) is 49.7 Å². The molecule has 1 saturated carbocycles. The van der Waals surface area contributed by atoms with E-state index >= 15 is 0 Å². The zero-order chi connectivity index (χ0) is 17.5. The summed E-state index contributed by atoms with van der Waals surface area (Å²) in [4.78, 5) is 16.5. The topological polar surface area (TPSA) is 54.0 Å². The van der Waals surface area contributed by atoms with Gasteiger partial charge in [0.05, 0.1) is 18.3 Å². The monoisotopic (exact) mass is 337 g/mol. The van der Waals surface area contributed by atoms with Gasteiger partial charge in [0.15, 0.2) is 0 Å². The Morgan fingerprint density at radius 3 is 2.40 bits per heavy atom. The predicted molar refractivity (Wildman–Crippen MR) is 103 cm³/mol. The number of aryl methyl sites for hydroxylation is 1. The van der Waals surface area contributed by atoms with Gasteiger partial charge < -0.3 is 10.6 Å². The number of hydrogen-bond donors (Lipinski definition) is 2. The maximum absolute atomic E-state index is 12.1. The van der Waals surface area contributed by atoms with Crippen LogP contribution in [0.15, 0.2) is 42.6 Å². The van der Waals surface area contributed by atoms with E-state index in [1.165, 1.54) is 44.1 Å². The van der Waals surface area contributed by atoms with Crippen LogP contribution in [-0.2, 0) is 11.2 Å². The first-order valence-electron chi connectivity index (χ1n) is 9.27. The average molecular weight is 337 g/mol. The number of aromatic nitrogens is 1. The van der Waals surface area contributed by atoms with Crippen LogP contribution in [-0.4, -0.2) is 16.9 Å². The van der Waals surface area contributed by atoms with Crippen molar-refractivity contribution in [3.8, 4) is 0 Å². The van der Waals surface area contributed by atoms with Gasteiger partial charge in [-0.1, -0.05) is 55.5 Å². The van der Waals surface area contributed by atoms with Crippen molar-refractivity contribution in [2.45, 2.75) is 57.9 Å². The molecular formula is C21H27N3O. The van der Waals surface area contributed by atoms with Crippen molar-refractivity contribution in [1.29, 1.82) is 0 Å². The predicted octanol–water partition coefficient (Wildman–Crippen LogP) is 4.71. The SMILES string of the molecule is Cc1ccc(CC(=O)Nc2ccc(NC3CCCCCC3)cn2)cc1. The number of nitrogens with one attached hydrogen (secondary N) is 2.